The van der Waals surface area contributed by atoms with Crippen molar-refractivity contribution in [1.82, 2.24) is 5.32 Å². The molecular formula is C15H21Br2NO. The fourth-order valence-electron chi connectivity index (χ4n) is 2.75. The predicted octanol–water partition coefficient (Wildman–Crippen LogP) is 4.82. The van der Waals surface area contributed by atoms with Crippen LogP contribution in [0.15, 0.2) is 27.1 Å². The van der Waals surface area contributed by atoms with E-state index in [4.69, 9.17) is 4.74 Å². The molecule has 1 N–H and O–H groups in total. The number of benzene rings is 1. The maximum atomic E-state index is 5.78. The molecule has 1 atom stereocenters. The zero-order valence-electron chi connectivity index (χ0n) is 11.5. The monoisotopic (exact) mass is 389 g/mol. The average molecular weight is 391 g/mol. The van der Waals surface area contributed by atoms with E-state index in [0.29, 0.717) is 6.04 Å². The standard InChI is InChI=1S/C15H21Br2NO/c1-3-18-14(10-15(19-2)7-4-8-15)12-9-11(16)5-6-13(12)17/h5-6,9,14,18H,3-4,7-8,10H2,1-2H3. The van der Waals surface area contributed by atoms with Gasteiger partial charge in [-0.05, 0) is 56.0 Å². The Hall–Kier alpha value is 0.1000. The van der Waals surface area contributed by atoms with E-state index in [9.17, 15) is 0 Å². The number of nitrogens with one attached hydrogen (secondary N) is 1. The quantitative estimate of drug-likeness (QED) is 0.751. The number of halogens is 2. The second-order valence-electron chi connectivity index (χ2n) is 5.22. The zero-order chi connectivity index (χ0) is 13.9. The molecule has 0 aliphatic heterocycles. The van der Waals surface area contributed by atoms with Crippen molar-refractivity contribution < 1.29 is 4.74 Å². The average Bonchev–Trinajstić information content (AvgIpc) is 2.35. The summed E-state index contributed by atoms with van der Waals surface area (Å²) in [6.45, 7) is 3.11. The highest BCUT2D eigenvalue weighted by atomic mass is 79.9. The van der Waals surface area contributed by atoms with Crippen LogP contribution < -0.4 is 5.32 Å². The molecule has 1 fully saturated rings. The van der Waals surface area contributed by atoms with Gasteiger partial charge in [0.15, 0.2) is 0 Å². The third-order valence-corrected chi connectivity index (χ3v) is 5.27. The van der Waals surface area contributed by atoms with Crippen molar-refractivity contribution in [3.63, 3.8) is 0 Å². The summed E-state index contributed by atoms with van der Waals surface area (Å²) in [5, 5.41) is 3.59. The van der Waals surface area contributed by atoms with Gasteiger partial charge in [0.25, 0.3) is 0 Å². The fourth-order valence-corrected chi connectivity index (χ4v) is 3.66. The second kappa shape index (κ2) is 6.70. The van der Waals surface area contributed by atoms with Gasteiger partial charge >= 0.3 is 0 Å². The summed E-state index contributed by atoms with van der Waals surface area (Å²) in [6, 6.07) is 6.69. The first kappa shape index (κ1) is 15.5. The van der Waals surface area contributed by atoms with E-state index in [1.165, 1.54) is 24.8 Å². The van der Waals surface area contributed by atoms with Gasteiger partial charge in [-0.25, -0.2) is 0 Å². The molecular weight excluding hydrogens is 370 g/mol. The van der Waals surface area contributed by atoms with E-state index in [2.05, 4.69) is 62.3 Å². The van der Waals surface area contributed by atoms with Crippen LogP contribution in [-0.2, 0) is 4.74 Å². The van der Waals surface area contributed by atoms with Crippen molar-refractivity contribution in [2.45, 2.75) is 44.2 Å². The largest absolute Gasteiger partial charge is 0.378 e. The van der Waals surface area contributed by atoms with E-state index in [1.54, 1.807) is 0 Å². The van der Waals surface area contributed by atoms with E-state index in [-0.39, 0.29) is 5.60 Å². The number of hydrogen-bond donors (Lipinski definition) is 1. The molecule has 0 heterocycles. The fraction of sp³-hybridized carbons (Fsp3) is 0.600. The molecule has 1 aromatic rings. The summed E-state index contributed by atoms with van der Waals surface area (Å²) >= 11 is 7.23. The molecule has 0 amide bonds. The van der Waals surface area contributed by atoms with Crippen molar-refractivity contribution in [2.75, 3.05) is 13.7 Å². The molecule has 2 rings (SSSR count). The van der Waals surface area contributed by atoms with Crippen molar-refractivity contribution in [2.24, 2.45) is 0 Å². The van der Waals surface area contributed by atoms with Crippen molar-refractivity contribution in [1.29, 1.82) is 0 Å². The van der Waals surface area contributed by atoms with E-state index < -0.39 is 0 Å². The smallest absolute Gasteiger partial charge is 0.0697 e. The van der Waals surface area contributed by atoms with Gasteiger partial charge in [-0.2, -0.15) is 0 Å². The normalized spacial score (nSPS) is 18.9. The Morgan fingerprint density at radius 1 is 1.37 bits per heavy atom. The summed E-state index contributed by atoms with van der Waals surface area (Å²) in [5.74, 6) is 0. The van der Waals surface area contributed by atoms with Crippen LogP contribution in [0.25, 0.3) is 0 Å². The highest BCUT2D eigenvalue weighted by molar-refractivity contribution is 9.11. The summed E-state index contributed by atoms with van der Waals surface area (Å²) in [4.78, 5) is 0. The van der Waals surface area contributed by atoms with Crippen LogP contribution in [-0.4, -0.2) is 19.3 Å². The molecule has 0 spiro atoms. The van der Waals surface area contributed by atoms with Crippen LogP contribution in [0.5, 0.6) is 0 Å². The Kier molecular flexibility index (Phi) is 5.46. The predicted molar refractivity (Wildman–Crippen MR) is 86.5 cm³/mol. The number of methoxy groups -OCH3 is 1. The maximum absolute atomic E-state index is 5.78. The number of rotatable bonds is 6. The molecule has 2 nitrogen and oxygen atoms in total. The number of ether oxygens (including phenoxy) is 1. The summed E-state index contributed by atoms with van der Waals surface area (Å²) in [5.41, 5.74) is 1.38. The summed E-state index contributed by atoms with van der Waals surface area (Å²) in [6.07, 6.45) is 4.67. The van der Waals surface area contributed by atoms with Crippen LogP contribution in [0.1, 0.15) is 44.2 Å². The second-order valence-corrected chi connectivity index (χ2v) is 6.99. The first-order valence-electron chi connectivity index (χ1n) is 6.84. The molecule has 1 saturated carbocycles. The molecule has 1 aromatic carbocycles. The third-order valence-electron chi connectivity index (χ3n) is 4.06. The topological polar surface area (TPSA) is 21.3 Å². The first-order valence-corrected chi connectivity index (χ1v) is 8.42. The minimum Gasteiger partial charge on any atom is -0.378 e. The summed E-state index contributed by atoms with van der Waals surface area (Å²) in [7, 11) is 1.85. The maximum Gasteiger partial charge on any atom is 0.0697 e. The van der Waals surface area contributed by atoms with Crippen LogP contribution in [0.2, 0.25) is 0 Å². The van der Waals surface area contributed by atoms with Gasteiger partial charge in [0.05, 0.1) is 5.60 Å². The Morgan fingerprint density at radius 2 is 2.11 bits per heavy atom. The third kappa shape index (κ3) is 3.60. The van der Waals surface area contributed by atoms with Crippen molar-refractivity contribution in [3.05, 3.63) is 32.7 Å². The lowest BCUT2D eigenvalue weighted by atomic mass is 9.74. The van der Waals surface area contributed by atoms with Gasteiger partial charge in [0, 0.05) is 22.1 Å². The Bertz CT molecular complexity index is 427. The molecule has 0 radical (unpaired) electrons. The van der Waals surface area contributed by atoms with Gasteiger partial charge in [-0.3, -0.25) is 0 Å². The molecule has 1 unspecified atom stereocenters. The molecule has 0 bridgehead atoms. The summed E-state index contributed by atoms with van der Waals surface area (Å²) < 4.78 is 8.05. The number of hydrogen-bond acceptors (Lipinski definition) is 2. The molecule has 106 valence electrons. The van der Waals surface area contributed by atoms with E-state index >= 15 is 0 Å². The lowest BCUT2D eigenvalue weighted by Gasteiger charge is -2.43. The highest BCUT2D eigenvalue weighted by Gasteiger charge is 2.39. The molecule has 1 aliphatic carbocycles. The molecule has 19 heavy (non-hydrogen) atoms. The van der Waals surface area contributed by atoms with Gasteiger partial charge in [0.1, 0.15) is 0 Å². The van der Waals surface area contributed by atoms with Crippen LogP contribution >= 0.6 is 31.9 Å². The van der Waals surface area contributed by atoms with Crippen molar-refractivity contribution >= 4 is 31.9 Å². The molecule has 0 saturated heterocycles. The van der Waals surface area contributed by atoms with Gasteiger partial charge < -0.3 is 10.1 Å². The van der Waals surface area contributed by atoms with Gasteiger partial charge in [-0.15, -0.1) is 0 Å². The van der Waals surface area contributed by atoms with Crippen LogP contribution in [0.3, 0.4) is 0 Å². The lowest BCUT2D eigenvalue weighted by Crippen LogP contribution is -2.43. The molecule has 1 aliphatic rings. The van der Waals surface area contributed by atoms with Crippen LogP contribution in [0.4, 0.5) is 0 Å². The minimum atomic E-state index is 0.0780. The van der Waals surface area contributed by atoms with Gasteiger partial charge in [0.2, 0.25) is 0 Å². The SMILES string of the molecule is CCNC(CC1(OC)CCC1)c1cc(Br)ccc1Br. The minimum absolute atomic E-state index is 0.0780. The van der Waals surface area contributed by atoms with E-state index in [0.717, 1.165) is 21.9 Å². The molecule has 4 heteroatoms. The van der Waals surface area contributed by atoms with Crippen molar-refractivity contribution in [3.8, 4) is 0 Å². The lowest BCUT2D eigenvalue weighted by molar-refractivity contribution is -0.0837. The first-order chi connectivity index (χ1) is 9.10. The Balaban J connectivity index is 2.21. The van der Waals surface area contributed by atoms with Crippen LogP contribution in [0, 0.1) is 0 Å². The Morgan fingerprint density at radius 3 is 2.63 bits per heavy atom. The zero-order valence-corrected chi connectivity index (χ0v) is 14.7. The Labute approximate surface area is 132 Å². The van der Waals surface area contributed by atoms with Gasteiger partial charge in [-0.1, -0.05) is 38.8 Å². The molecule has 0 aromatic heterocycles. The highest BCUT2D eigenvalue weighted by Crippen LogP contribution is 2.43. The van der Waals surface area contributed by atoms with E-state index in [1.807, 2.05) is 7.11 Å².